The number of halogens is 3. The van der Waals surface area contributed by atoms with E-state index in [0.29, 0.717) is 0 Å². The maximum absolute atomic E-state index is 12.8. The van der Waals surface area contributed by atoms with Crippen molar-refractivity contribution in [2.75, 3.05) is 31.1 Å². The Morgan fingerprint density at radius 1 is 1.00 bits per heavy atom. The fraction of sp³-hybridized carbons (Fsp3) is 0.294. The normalized spacial score (nSPS) is 16.8. The molecule has 1 saturated heterocycles. The molecule has 0 unspecified atom stereocenters. The van der Waals surface area contributed by atoms with Gasteiger partial charge in [-0.15, -0.1) is 0 Å². The van der Waals surface area contributed by atoms with E-state index in [1.165, 1.54) is 10.4 Å². The zero-order valence-electron chi connectivity index (χ0n) is 14.2. The van der Waals surface area contributed by atoms with Crippen LogP contribution in [0.2, 0.25) is 0 Å². The van der Waals surface area contributed by atoms with Crippen LogP contribution in [0.15, 0.2) is 48.1 Å². The number of benzene rings is 1. The lowest BCUT2D eigenvalue weighted by Gasteiger charge is -2.34. The van der Waals surface area contributed by atoms with Gasteiger partial charge in [-0.3, -0.25) is 0 Å². The lowest BCUT2D eigenvalue weighted by Crippen LogP contribution is -2.48. The molecule has 1 aromatic carbocycles. The van der Waals surface area contributed by atoms with E-state index in [2.05, 4.69) is 9.97 Å². The highest BCUT2D eigenvalue weighted by Crippen LogP contribution is 2.29. The van der Waals surface area contributed by atoms with E-state index in [4.69, 9.17) is 0 Å². The fourth-order valence-electron chi connectivity index (χ4n) is 2.66. The molecule has 144 valence electrons. The maximum Gasteiger partial charge on any atom is 0.433 e. The summed E-state index contributed by atoms with van der Waals surface area (Å²) >= 11 is 0. The summed E-state index contributed by atoms with van der Waals surface area (Å²) in [5.41, 5.74) is -0.256. The quantitative estimate of drug-likeness (QED) is 0.792. The number of piperazine rings is 1. The second kappa shape index (κ2) is 7.65. The van der Waals surface area contributed by atoms with Gasteiger partial charge in [0.05, 0.1) is 0 Å². The van der Waals surface area contributed by atoms with Gasteiger partial charge in [0.15, 0.2) is 0 Å². The van der Waals surface area contributed by atoms with E-state index >= 15 is 0 Å². The molecule has 27 heavy (non-hydrogen) atoms. The van der Waals surface area contributed by atoms with Crippen molar-refractivity contribution in [2.24, 2.45) is 0 Å². The van der Waals surface area contributed by atoms with Crippen molar-refractivity contribution in [2.45, 2.75) is 6.18 Å². The van der Waals surface area contributed by atoms with Crippen molar-refractivity contribution in [1.82, 2.24) is 14.3 Å². The van der Waals surface area contributed by atoms with Crippen LogP contribution in [0.5, 0.6) is 0 Å². The summed E-state index contributed by atoms with van der Waals surface area (Å²) in [7, 11) is -3.61. The fourth-order valence-corrected chi connectivity index (χ4v) is 3.83. The van der Waals surface area contributed by atoms with Crippen LogP contribution >= 0.6 is 0 Å². The Bertz CT molecular complexity index is 909. The third-order valence-corrected chi connectivity index (χ3v) is 5.66. The van der Waals surface area contributed by atoms with Gasteiger partial charge in [-0.2, -0.15) is 17.5 Å². The molecule has 0 aliphatic carbocycles. The molecule has 0 spiro atoms. The molecule has 0 atom stereocenters. The SMILES string of the molecule is O=S(=O)(C=Cc1ccccc1)N1CCN(c2cc(C(F)(F)F)ncn2)CC1. The van der Waals surface area contributed by atoms with Crippen molar-refractivity contribution in [3.63, 3.8) is 0 Å². The van der Waals surface area contributed by atoms with Gasteiger partial charge in [0.25, 0.3) is 0 Å². The number of rotatable bonds is 4. The van der Waals surface area contributed by atoms with Crippen LogP contribution in [0.1, 0.15) is 11.3 Å². The molecule has 1 aliphatic rings. The Kier molecular flexibility index (Phi) is 5.47. The molecular formula is C17H17F3N4O2S. The number of anilines is 1. The summed E-state index contributed by atoms with van der Waals surface area (Å²) < 4.78 is 64.5. The van der Waals surface area contributed by atoms with Crippen LogP contribution in [0.25, 0.3) is 6.08 Å². The molecule has 0 bridgehead atoms. The van der Waals surface area contributed by atoms with E-state index in [-0.39, 0.29) is 32.0 Å². The first-order chi connectivity index (χ1) is 12.8. The molecule has 1 aliphatic heterocycles. The van der Waals surface area contributed by atoms with E-state index in [1.54, 1.807) is 17.0 Å². The first kappa shape index (κ1) is 19.3. The van der Waals surface area contributed by atoms with E-state index < -0.39 is 21.9 Å². The standard InChI is InChI=1S/C17H17F3N4O2S/c18-17(19,20)15-12-16(22-13-21-15)23-7-9-24(10-8-23)27(25,26)11-6-14-4-2-1-3-5-14/h1-6,11-13H,7-10H2. The molecule has 6 nitrogen and oxygen atoms in total. The van der Waals surface area contributed by atoms with Crippen molar-refractivity contribution in [3.05, 3.63) is 59.4 Å². The number of alkyl halides is 3. The Hall–Kier alpha value is -2.46. The van der Waals surface area contributed by atoms with E-state index in [0.717, 1.165) is 23.4 Å². The van der Waals surface area contributed by atoms with Crippen molar-refractivity contribution in [3.8, 4) is 0 Å². The lowest BCUT2D eigenvalue weighted by molar-refractivity contribution is -0.141. The Labute approximate surface area is 155 Å². The van der Waals surface area contributed by atoms with Gasteiger partial charge >= 0.3 is 6.18 Å². The Morgan fingerprint density at radius 2 is 1.67 bits per heavy atom. The van der Waals surface area contributed by atoms with E-state index in [9.17, 15) is 21.6 Å². The van der Waals surface area contributed by atoms with Gasteiger partial charge < -0.3 is 4.90 Å². The Balaban J connectivity index is 1.66. The average molecular weight is 398 g/mol. The molecular weight excluding hydrogens is 381 g/mol. The van der Waals surface area contributed by atoms with Crippen LogP contribution in [0.4, 0.5) is 19.0 Å². The summed E-state index contributed by atoms with van der Waals surface area (Å²) in [6, 6.07) is 9.90. The highest BCUT2D eigenvalue weighted by molar-refractivity contribution is 7.92. The van der Waals surface area contributed by atoms with Gasteiger partial charge in [0.1, 0.15) is 17.8 Å². The van der Waals surface area contributed by atoms with Crippen LogP contribution in [0, 0.1) is 0 Å². The molecule has 3 rings (SSSR count). The zero-order valence-corrected chi connectivity index (χ0v) is 15.0. The lowest BCUT2D eigenvalue weighted by atomic mass is 10.2. The first-order valence-electron chi connectivity index (χ1n) is 8.13. The zero-order chi connectivity index (χ0) is 19.5. The van der Waals surface area contributed by atoms with E-state index in [1.807, 2.05) is 18.2 Å². The third-order valence-electron chi connectivity index (χ3n) is 4.10. The highest BCUT2D eigenvalue weighted by Gasteiger charge is 2.34. The van der Waals surface area contributed by atoms with Crippen molar-refractivity contribution >= 4 is 21.9 Å². The first-order valence-corrected chi connectivity index (χ1v) is 9.63. The number of sulfonamides is 1. The molecule has 0 amide bonds. The van der Waals surface area contributed by atoms with Crippen LogP contribution in [-0.2, 0) is 16.2 Å². The molecule has 2 heterocycles. The van der Waals surface area contributed by atoms with Crippen molar-refractivity contribution < 1.29 is 21.6 Å². The third kappa shape index (κ3) is 4.83. The molecule has 2 aromatic rings. The topological polar surface area (TPSA) is 66.4 Å². The Morgan fingerprint density at radius 3 is 2.30 bits per heavy atom. The molecule has 0 saturated carbocycles. The van der Waals surface area contributed by atoms with Crippen LogP contribution in [-0.4, -0.2) is 48.9 Å². The largest absolute Gasteiger partial charge is 0.433 e. The second-order valence-electron chi connectivity index (χ2n) is 5.90. The number of nitrogens with zero attached hydrogens (tertiary/aromatic N) is 4. The van der Waals surface area contributed by atoms with Crippen LogP contribution in [0.3, 0.4) is 0 Å². The van der Waals surface area contributed by atoms with Gasteiger partial charge in [-0.1, -0.05) is 30.3 Å². The summed E-state index contributed by atoms with van der Waals surface area (Å²) in [6.45, 7) is 0.805. The summed E-state index contributed by atoms with van der Waals surface area (Å²) in [4.78, 5) is 8.72. The number of hydrogen-bond acceptors (Lipinski definition) is 5. The van der Waals surface area contributed by atoms with Crippen LogP contribution < -0.4 is 4.90 Å². The summed E-state index contributed by atoms with van der Waals surface area (Å²) in [6.07, 6.45) is -2.17. The molecule has 0 N–H and O–H groups in total. The molecule has 10 heteroatoms. The minimum Gasteiger partial charge on any atom is -0.354 e. The molecule has 1 aromatic heterocycles. The van der Waals surface area contributed by atoms with Crippen molar-refractivity contribution in [1.29, 1.82) is 0 Å². The average Bonchev–Trinajstić information content (AvgIpc) is 2.67. The predicted molar refractivity (Wildman–Crippen MR) is 95.2 cm³/mol. The summed E-state index contributed by atoms with van der Waals surface area (Å²) in [5.74, 6) is 0.134. The smallest absolute Gasteiger partial charge is 0.354 e. The van der Waals surface area contributed by atoms with Gasteiger partial charge in [0.2, 0.25) is 10.0 Å². The summed E-state index contributed by atoms with van der Waals surface area (Å²) in [5, 5.41) is 1.14. The number of hydrogen-bond donors (Lipinski definition) is 0. The maximum atomic E-state index is 12.8. The minimum absolute atomic E-state index is 0.134. The van der Waals surface area contributed by atoms with Gasteiger partial charge in [-0.05, 0) is 11.6 Å². The second-order valence-corrected chi connectivity index (χ2v) is 7.72. The molecule has 1 fully saturated rings. The minimum atomic E-state index is -4.55. The molecule has 0 radical (unpaired) electrons. The van der Waals surface area contributed by atoms with Gasteiger partial charge in [0, 0.05) is 37.7 Å². The number of aromatic nitrogens is 2. The monoisotopic (exact) mass is 398 g/mol. The predicted octanol–water partition coefficient (Wildman–Crippen LogP) is 2.62. The van der Waals surface area contributed by atoms with Gasteiger partial charge in [-0.25, -0.2) is 18.4 Å². The highest BCUT2D eigenvalue weighted by atomic mass is 32.2.